The van der Waals surface area contributed by atoms with E-state index in [9.17, 15) is 0 Å². The molecule has 0 radical (unpaired) electrons. The molecule has 1 aromatic carbocycles. The Morgan fingerprint density at radius 2 is 2.23 bits per heavy atom. The number of nitrogens with two attached hydrogens (primary N) is 1. The van der Waals surface area contributed by atoms with Gasteiger partial charge in [0.2, 0.25) is 0 Å². The first kappa shape index (κ1) is 16.2. The van der Waals surface area contributed by atoms with Crippen molar-refractivity contribution < 1.29 is 4.74 Å². The fourth-order valence-corrected chi connectivity index (χ4v) is 2.67. The Kier molecular flexibility index (Phi) is 6.14. The molecule has 0 aromatic heterocycles. The minimum Gasteiger partial charge on any atom is -0.481 e. The van der Waals surface area contributed by atoms with E-state index >= 15 is 0 Å². The van der Waals surface area contributed by atoms with Crippen molar-refractivity contribution in [3.8, 4) is 18.1 Å². The maximum atomic E-state index is 6.09. The predicted molar refractivity (Wildman–Crippen MR) is 90.9 cm³/mol. The van der Waals surface area contributed by atoms with Crippen molar-refractivity contribution in [3.05, 3.63) is 29.8 Å². The normalized spacial score (nSPS) is 18.8. The second-order valence-electron chi connectivity index (χ2n) is 5.82. The van der Waals surface area contributed by atoms with Gasteiger partial charge in [-0.1, -0.05) is 25.0 Å². The van der Waals surface area contributed by atoms with Crippen LogP contribution in [0.1, 0.15) is 25.3 Å². The Labute approximate surface area is 133 Å². The average Bonchev–Trinajstić information content (AvgIpc) is 2.54. The lowest BCUT2D eigenvalue weighted by Gasteiger charge is -2.31. The van der Waals surface area contributed by atoms with Gasteiger partial charge in [-0.15, -0.1) is 6.42 Å². The van der Waals surface area contributed by atoms with E-state index in [0.29, 0.717) is 25.0 Å². The minimum atomic E-state index is 0.300. The van der Waals surface area contributed by atoms with Gasteiger partial charge in [0.25, 0.3) is 0 Å². The fraction of sp³-hybridized carbons (Fsp3) is 0.500. The third-order valence-corrected chi connectivity index (χ3v) is 3.90. The van der Waals surface area contributed by atoms with E-state index < -0.39 is 0 Å². The Morgan fingerprint density at radius 3 is 2.91 bits per heavy atom. The maximum absolute atomic E-state index is 6.09. The van der Waals surface area contributed by atoms with Gasteiger partial charge >= 0.3 is 0 Å². The topological polar surface area (TPSA) is 50.9 Å². The molecule has 1 unspecified atom stereocenters. The molecule has 118 valence electrons. The Hall–Kier alpha value is -2.15. The number of ether oxygens (including phenoxy) is 1. The summed E-state index contributed by atoms with van der Waals surface area (Å²) in [5, 5.41) is 0. The molecule has 0 bridgehead atoms. The minimum absolute atomic E-state index is 0.300. The highest BCUT2D eigenvalue weighted by atomic mass is 16.5. The number of piperidine rings is 1. The molecule has 1 atom stereocenters. The number of likely N-dealkylation sites (tertiary alicyclic amines) is 1. The zero-order valence-corrected chi connectivity index (χ0v) is 13.3. The lowest BCUT2D eigenvalue weighted by molar-refractivity contribution is 0.270. The Balaban J connectivity index is 1.79. The van der Waals surface area contributed by atoms with E-state index in [2.05, 4.69) is 22.7 Å². The van der Waals surface area contributed by atoms with Crippen LogP contribution in [-0.4, -0.2) is 37.1 Å². The summed E-state index contributed by atoms with van der Waals surface area (Å²) in [4.78, 5) is 6.71. The maximum Gasteiger partial charge on any atom is 0.191 e. The molecule has 1 aliphatic rings. The molecule has 0 amide bonds. The van der Waals surface area contributed by atoms with Crippen molar-refractivity contribution >= 4 is 5.96 Å². The van der Waals surface area contributed by atoms with E-state index in [1.165, 1.54) is 18.4 Å². The lowest BCUT2D eigenvalue weighted by Crippen LogP contribution is -2.43. The molecule has 0 saturated carbocycles. The number of hydrogen-bond donors (Lipinski definition) is 1. The van der Waals surface area contributed by atoms with Gasteiger partial charge in [0.05, 0.1) is 0 Å². The molecular formula is C18H25N3O. The van der Waals surface area contributed by atoms with Crippen LogP contribution in [0.3, 0.4) is 0 Å². The molecule has 2 rings (SSSR count). The van der Waals surface area contributed by atoms with E-state index in [1.807, 2.05) is 24.3 Å². The summed E-state index contributed by atoms with van der Waals surface area (Å²) in [5.74, 6) is 4.64. The van der Waals surface area contributed by atoms with Gasteiger partial charge in [-0.05, 0) is 42.9 Å². The van der Waals surface area contributed by atoms with Crippen LogP contribution in [0.2, 0.25) is 0 Å². The molecule has 4 heteroatoms. The first-order valence-electron chi connectivity index (χ1n) is 7.89. The third kappa shape index (κ3) is 5.00. The molecule has 1 aromatic rings. The number of guanidine groups is 1. The van der Waals surface area contributed by atoms with Crippen LogP contribution in [-0.2, 0) is 6.42 Å². The summed E-state index contributed by atoms with van der Waals surface area (Å²) in [7, 11) is 0. The quantitative estimate of drug-likeness (QED) is 0.515. The van der Waals surface area contributed by atoms with Crippen LogP contribution in [0.25, 0.3) is 0 Å². The summed E-state index contributed by atoms with van der Waals surface area (Å²) in [5.41, 5.74) is 7.31. The fourth-order valence-electron chi connectivity index (χ4n) is 2.67. The van der Waals surface area contributed by atoms with E-state index in [4.69, 9.17) is 16.9 Å². The van der Waals surface area contributed by atoms with Gasteiger partial charge < -0.3 is 15.4 Å². The molecule has 1 saturated heterocycles. The van der Waals surface area contributed by atoms with Crippen LogP contribution in [0.5, 0.6) is 5.75 Å². The number of rotatable bonds is 5. The highest BCUT2D eigenvalue weighted by molar-refractivity contribution is 5.78. The number of terminal acetylenes is 1. The Morgan fingerprint density at radius 1 is 1.45 bits per heavy atom. The second-order valence-corrected chi connectivity index (χ2v) is 5.82. The van der Waals surface area contributed by atoms with Crippen molar-refractivity contribution in [2.75, 3.05) is 26.2 Å². The molecule has 1 aliphatic heterocycles. The van der Waals surface area contributed by atoms with Gasteiger partial charge in [-0.2, -0.15) is 0 Å². The van der Waals surface area contributed by atoms with Crippen molar-refractivity contribution in [1.82, 2.24) is 4.90 Å². The van der Waals surface area contributed by atoms with Gasteiger partial charge in [0.15, 0.2) is 5.96 Å². The molecule has 1 fully saturated rings. The lowest BCUT2D eigenvalue weighted by atomic mass is 10.0. The summed E-state index contributed by atoms with van der Waals surface area (Å²) < 4.78 is 5.35. The van der Waals surface area contributed by atoms with Gasteiger partial charge in [0, 0.05) is 19.6 Å². The largest absolute Gasteiger partial charge is 0.481 e. The van der Waals surface area contributed by atoms with Crippen molar-refractivity contribution in [1.29, 1.82) is 0 Å². The smallest absolute Gasteiger partial charge is 0.191 e. The second kappa shape index (κ2) is 8.33. The molecule has 0 spiro atoms. The first-order chi connectivity index (χ1) is 10.7. The van der Waals surface area contributed by atoms with Crippen molar-refractivity contribution in [2.45, 2.75) is 26.2 Å². The molecule has 2 N–H and O–H groups in total. The van der Waals surface area contributed by atoms with Crippen molar-refractivity contribution in [3.63, 3.8) is 0 Å². The highest BCUT2D eigenvalue weighted by Gasteiger charge is 2.17. The van der Waals surface area contributed by atoms with Crippen LogP contribution in [0, 0.1) is 18.3 Å². The van der Waals surface area contributed by atoms with Gasteiger partial charge in [0.1, 0.15) is 12.4 Å². The standard InChI is InChI=1S/C18H25N3O/c1-3-13-22-17-8-6-16(7-9-17)10-11-20-18(19)21-12-4-5-15(2)14-21/h1,6-9,15H,4-5,10-14H2,2H3,(H2,19,20). The van der Waals surface area contributed by atoms with Crippen LogP contribution in [0.4, 0.5) is 0 Å². The highest BCUT2D eigenvalue weighted by Crippen LogP contribution is 2.15. The van der Waals surface area contributed by atoms with Crippen LogP contribution >= 0.6 is 0 Å². The molecule has 1 heterocycles. The number of aliphatic imine (C=N–C) groups is 1. The molecular weight excluding hydrogens is 274 g/mol. The zero-order valence-electron chi connectivity index (χ0n) is 13.3. The van der Waals surface area contributed by atoms with Gasteiger partial charge in [-0.3, -0.25) is 4.99 Å². The number of nitrogens with zero attached hydrogens (tertiary/aromatic N) is 2. The van der Waals surface area contributed by atoms with Crippen LogP contribution < -0.4 is 10.5 Å². The summed E-state index contributed by atoms with van der Waals surface area (Å²) in [6, 6.07) is 7.96. The Bertz CT molecular complexity index is 530. The molecule has 0 aliphatic carbocycles. The summed E-state index contributed by atoms with van der Waals surface area (Å²) in [6.45, 7) is 5.33. The van der Waals surface area contributed by atoms with Crippen LogP contribution in [0.15, 0.2) is 29.3 Å². The number of hydrogen-bond acceptors (Lipinski definition) is 2. The van der Waals surface area contributed by atoms with E-state index in [0.717, 1.165) is 25.3 Å². The summed E-state index contributed by atoms with van der Waals surface area (Å²) in [6.07, 6.45) is 8.53. The summed E-state index contributed by atoms with van der Waals surface area (Å²) >= 11 is 0. The molecule has 4 nitrogen and oxygen atoms in total. The predicted octanol–water partition coefficient (Wildman–Crippen LogP) is 2.29. The molecule has 22 heavy (non-hydrogen) atoms. The van der Waals surface area contributed by atoms with E-state index in [-0.39, 0.29) is 0 Å². The van der Waals surface area contributed by atoms with Crippen molar-refractivity contribution in [2.24, 2.45) is 16.6 Å². The third-order valence-electron chi connectivity index (χ3n) is 3.90. The number of benzene rings is 1. The van der Waals surface area contributed by atoms with Gasteiger partial charge in [-0.25, -0.2) is 0 Å². The first-order valence-corrected chi connectivity index (χ1v) is 7.89. The average molecular weight is 299 g/mol. The SMILES string of the molecule is C#CCOc1ccc(CCN=C(N)N2CCCC(C)C2)cc1. The van der Waals surface area contributed by atoms with E-state index in [1.54, 1.807) is 0 Å². The zero-order chi connectivity index (χ0) is 15.8. The monoisotopic (exact) mass is 299 g/mol.